The zero-order chi connectivity index (χ0) is 33.4. The van der Waals surface area contributed by atoms with Gasteiger partial charge in [-0.15, -0.1) is 0 Å². The molecule has 0 amide bonds. The number of fused-ring (bicyclic) bond motifs is 7. The molecule has 0 aromatic heterocycles. The van der Waals surface area contributed by atoms with E-state index in [2.05, 4.69) is 48.1 Å². The lowest BCUT2D eigenvalue weighted by Gasteiger charge is -2.72. The van der Waals surface area contributed by atoms with Gasteiger partial charge >= 0.3 is 17.9 Å². The third-order valence-corrected chi connectivity index (χ3v) is 15.2. The second-order valence-corrected chi connectivity index (χ2v) is 17.9. The van der Waals surface area contributed by atoms with Crippen molar-refractivity contribution in [2.45, 2.75) is 132 Å². The Hall–Kier alpha value is -1.89. The molecule has 5 aliphatic rings. The van der Waals surface area contributed by atoms with E-state index in [1.54, 1.807) is 21.0 Å². The van der Waals surface area contributed by atoms with Crippen LogP contribution in [0, 0.1) is 62.1 Å². The Morgan fingerprint density at radius 3 is 2.18 bits per heavy atom. The molecule has 0 spiro atoms. The highest BCUT2D eigenvalue weighted by Gasteiger charge is 2.72. The van der Waals surface area contributed by atoms with E-state index in [0.29, 0.717) is 23.7 Å². The summed E-state index contributed by atoms with van der Waals surface area (Å²) in [7, 11) is 1.57. The van der Waals surface area contributed by atoms with Gasteiger partial charge in [-0.05, 0) is 131 Å². The lowest BCUT2D eigenvalue weighted by molar-refractivity contribution is -0.251. The Balaban J connectivity index is 1.42. The molecule has 7 heteroatoms. The van der Waals surface area contributed by atoms with Gasteiger partial charge < -0.3 is 19.3 Å². The smallest absolute Gasteiger partial charge is 0.314 e. The first-order valence-electron chi connectivity index (χ1n) is 17.6. The molecule has 5 saturated carbocycles. The molecule has 10 atom stereocenters. The Morgan fingerprint density at radius 2 is 1.56 bits per heavy atom. The Morgan fingerprint density at radius 1 is 0.867 bits per heavy atom. The van der Waals surface area contributed by atoms with E-state index >= 15 is 0 Å². The van der Waals surface area contributed by atoms with Crippen molar-refractivity contribution >= 4 is 17.9 Å². The van der Waals surface area contributed by atoms with Crippen molar-refractivity contribution in [1.29, 1.82) is 0 Å². The molecule has 5 rings (SSSR count). The van der Waals surface area contributed by atoms with Crippen LogP contribution in [-0.2, 0) is 28.6 Å². The molecular weight excluding hydrogens is 568 g/mol. The quantitative estimate of drug-likeness (QED) is 0.164. The summed E-state index contributed by atoms with van der Waals surface area (Å²) in [6.45, 7) is 22.0. The first-order chi connectivity index (χ1) is 20.8. The standard InChI is InChI=1S/C38H60O7/c1-23(2)24-13-18-38(32(42)44-22-43-10)20-19-36(8)25(30(24)38)11-12-27-35(7)16-15-28(45-29(39)21-33(3,4)31(40)41)34(5,6)26(35)14-17-37(27,36)9/h24-28,30H,1,11-22H2,2-10H3,(H,40,41)/t24-,25+,26-,27+,28-,30+,35?,36+,37+,38-/m0/s1. The summed E-state index contributed by atoms with van der Waals surface area (Å²) < 4.78 is 17.0. The molecule has 254 valence electrons. The summed E-state index contributed by atoms with van der Waals surface area (Å²) in [6, 6.07) is 0. The van der Waals surface area contributed by atoms with Crippen molar-refractivity contribution in [3.8, 4) is 0 Å². The van der Waals surface area contributed by atoms with Crippen LogP contribution in [0.15, 0.2) is 12.2 Å². The van der Waals surface area contributed by atoms with Gasteiger partial charge in [-0.3, -0.25) is 14.4 Å². The fourth-order valence-corrected chi connectivity index (χ4v) is 12.6. The van der Waals surface area contributed by atoms with E-state index in [9.17, 15) is 19.5 Å². The molecule has 0 saturated heterocycles. The van der Waals surface area contributed by atoms with Gasteiger partial charge in [0.05, 0.1) is 17.3 Å². The highest BCUT2D eigenvalue weighted by molar-refractivity contribution is 5.81. The van der Waals surface area contributed by atoms with Crippen molar-refractivity contribution in [1.82, 2.24) is 0 Å². The molecule has 45 heavy (non-hydrogen) atoms. The van der Waals surface area contributed by atoms with Crippen LogP contribution in [0.25, 0.3) is 0 Å². The number of rotatable bonds is 8. The number of carboxylic acid groups (broad SMARTS) is 1. The molecule has 7 nitrogen and oxygen atoms in total. The van der Waals surface area contributed by atoms with Crippen LogP contribution in [0.3, 0.4) is 0 Å². The molecule has 0 aromatic carbocycles. The number of esters is 2. The summed E-state index contributed by atoms with van der Waals surface area (Å²) in [6.07, 6.45) is 9.76. The van der Waals surface area contributed by atoms with Gasteiger partial charge in [-0.1, -0.05) is 46.8 Å². The van der Waals surface area contributed by atoms with Gasteiger partial charge in [0.2, 0.25) is 0 Å². The van der Waals surface area contributed by atoms with E-state index in [-0.39, 0.29) is 52.9 Å². The molecule has 1 unspecified atom stereocenters. The number of aliphatic carboxylic acids is 1. The summed E-state index contributed by atoms with van der Waals surface area (Å²) in [4.78, 5) is 38.5. The molecule has 5 aliphatic carbocycles. The molecule has 0 aliphatic heterocycles. The van der Waals surface area contributed by atoms with Crippen molar-refractivity contribution in [2.24, 2.45) is 62.1 Å². The van der Waals surface area contributed by atoms with Crippen LogP contribution in [0.2, 0.25) is 0 Å². The summed E-state index contributed by atoms with van der Waals surface area (Å²) in [5.41, 5.74) is -0.247. The zero-order valence-electron chi connectivity index (χ0n) is 29.6. The first kappa shape index (κ1) is 34.4. The van der Waals surface area contributed by atoms with Gasteiger partial charge in [0, 0.05) is 12.5 Å². The summed E-state index contributed by atoms with van der Waals surface area (Å²) >= 11 is 0. The fourth-order valence-electron chi connectivity index (χ4n) is 12.6. The van der Waals surface area contributed by atoms with Crippen LogP contribution >= 0.6 is 0 Å². The van der Waals surface area contributed by atoms with Crippen molar-refractivity contribution in [3.05, 3.63) is 12.2 Å². The van der Waals surface area contributed by atoms with Gasteiger partial charge in [-0.25, -0.2) is 0 Å². The zero-order valence-corrected chi connectivity index (χ0v) is 29.6. The number of carbonyl (C=O) groups is 3. The van der Waals surface area contributed by atoms with E-state index in [4.69, 9.17) is 14.2 Å². The van der Waals surface area contributed by atoms with Crippen molar-refractivity contribution in [3.63, 3.8) is 0 Å². The molecule has 1 N–H and O–H groups in total. The van der Waals surface area contributed by atoms with Crippen molar-refractivity contribution < 1.29 is 33.7 Å². The SMILES string of the molecule is C=C(C)[C@@H]1CC[C@]2(C(=O)OCOC)CC[C@]3(C)[C@H](CC[C@@H]4C5(C)CC[C@H](OC(=O)CC(C)(C)C(=O)O)C(C)(C)[C@@H]5CC[C@]43C)[C@@H]12. The number of hydrogen-bond acceptors (Lipinski definition) is 6. The topological polar surface area (TPSA) is 99.1 Å². The third-order valence-electron chi connectivity index (χ3n) is 15.2. The fraction of sp³-hybridized carbons (Fsp3) is 0.868. The average molecular weight is 629 g/mol. The molecule has 0 bridgehead atoms. The van der Waals surface area contributed by atoms with E-state index in [1.807, 2.05) is 0 Å². The lowest BCUT2D eigenvalue weighted by Crippen LogP contribution is -2.67. The second-order valence-electron chi connectivity index (χ2n) is 17.9. The molecule has 0 heterocycles. The lowest BCUT2D eigenvalue weighted by atomic mass is 9.32. The number of hydrogen-bond donors (Lipinski definition) is 1. The average Bonchev–Trinajstić information content (AvgIpc) is 3.34. The summed E-state index contributed by atoms with van der Waals surface area (Å²) in [5.74, 6) is 0.531. The van der Waals surface area contributed by atoms with Crippen LogP contribution in [-0.4, -0.2) is 43.0 Å². The molecule has 5 fully saturated rings. The van der Waals surface area contributed by atoms with E-state index in [0.717, 1.165) is 64.2 Å². The predicted octanol–water partition coefficient (Wildman–Crippen LogP) is 8.20. The van der Waals surface area contributed by atoms with E-state index in [1.165, 1.54) is 5.57 Å². The normalized spacial score (nSPS) is 43.6. The van der Waals surface area contributed by atoms with Crippen molar-refractivity contribution in [2.75, 3.05) is 13.9 Å². The van der Waals surface area contributed by atoms with Gasteiger partial charge in [0.15, 0.2) is 6.79 Å². The number of carbonyl (C=O) groups excluding carboxylic acids is 2. The number of carboxylic acids is 1. The Bertz CT molecular complexity index is 1220. The Kier molecular flexibility index (Phi) is 8.70. The summed E-state index contributed by atoms with van der Waals surface area (Å²) in [5, 5.41) is 9.55. The highest BCUT2D eigenvalue weighted by Crippen LogP contribution is 2.77. The monoisotopic (exact) mass is 628 g/mol. The van der Waals surface area contributed by atoms with Gasteiger partial charge in [0.1, 0.15) is 6.10 Å². The third kappa shape index (κ3) is 5.03. The predicted molar refractivity (Wildman–Crippen MR) is 173 cm³/mol. The number of ether oxygens (including phenoxy) is 3. The Labute approximate surface area is 271 Å². The minimum atomic E-state index is -1.15. The van der Waals surface area contributed by atoms with E-state index < -0.39 is 22.8 Å². The van der Waals surface area contributed by atoms with Crippen LogP contribution in [0.4, 0.5) is 0 Å². The first-order valence-corrected chi connectivity index (χ1v) is 17.6. The van der Waals surface area contributed by atoms with Crippen LogP contribution in [0.5, 0.6) is 0 Å². The number of allylic oxidation sites excluding steroid dienone is 1. The van der Waals surface area contributed by atoms with Crippen LogP contribution < -0.4 is 0 Å². The number of methoxy groups -OCH3 is 1. The largest absolute Gasteiger partial charge is 0.481 e. The maximum absolute atomic E-state index is 13.8. The maximum Gasteiger partial charge on any atom is 0.314 e. The second kappa shape index (κ2) is 11.4. The highest BCUT2D eigenvalue weighted by atomic mass is 16.7. The minimum Gasteiger partial charge on any atom is -0.481 e. The molecule has 0 aromatic rings. The van der Waals surface area contributed by atoms with Crippen LogP contribution in [0.1, 0.15) is 126 Å². The molecular formula is C38H60O7. The van der Waals surface area contributed by atoms with Gasteiger partial charge in [0.25, 0.3) is 0 Å². The minimum absolute atomic E-state index is 0.00984. The maximum atomic E-state index is 13.8. The van der Waals surface area contributed by atoms with Gasteiger partial charge in [-0.2, -0.15) is 0 Å². The molecule has 0 radical (unpaired) electrons.